The van der Waals surface area contributed by atoms with Crippen molar-refractivity contribution in [2.75, 3.05) is 13.1 Å². The summed E-state index contributed by atoms with van der Waals surface area (Å²) in [6.07, 6.45) is 1.28. The molecule has 2 heterocycles. The minimum Gasteiger partial charge on any atom is -0.481 e. The van der Waals surface area contributed by atoms with Gasteiger partial charge in [-0.05, 0) is 35.1 Å². The van der Waals surface area contributed by atoms with Crippen LogP contribution in [0.5, 0.6) is 0 Å². The van der Waals surface area contributed by atoms with Crippen molar-refractivity contribution in [3.05, 3.63) is 70.3 Å². The molecule has 0 saturated carbocycles. The van der Waals surface area contributed by atoms with Crippen molar-refractivity contribution < 1.29 is 18.8 Å². The number of hydrogen-bond acceptors (Lipinski definition) is 5. The van der Waals surface area contributed by atoms with Gasteiger partial charge >= 0.3 is 5.97 Å². The lowest BCUT2D eigenvalue weighted by molar-refractivity contribution is -0.147. The number of nitrogens with zero attached hydrogens (tertiary/aromatic N) is 3. The van der Waals surface area contributed by atoms with Crippen molar-refractivity contribution in [3.63, 3.8) is 0 Å². The average molecular weight is 458 g/mol. The Hall–Kier alpha value is -2.77. The molecule has 0 aliphatic carbocycles. The third kappa shape index (κ3) is 5.00. The van der Waals surface area contributed by atoms with Gasteiger partial charge in [0.15, 0.2) is 0 Å². The smallest absolute Gasteiger partial charge is 0.309 e. The summed E-state index contributed by atoms with van der Waals surface area (Å²) in [5, 5.41) is 13.2. The van der Waals surface area contributed by atoms with Gasteiger partial charge < -0.3 is 9.63 Å². The summed E-state index contributed by atoms with van der Waals surface area (Å²) in [6.45, 7) is 5.99. The van der Waals surface area contributed by atoms with E-state index < -0.39 is 11.8 Å². The van der Waals surface area contributed by atoms with Crippen LogP contribution in [-0.2, 0) is 23.2 Å². The quantitative estimate of drug-likeness (QED) is 0.515. The standard InChI is InChI=1S/C24H25ClFN3O3/c1-24(2,18-7-8-19(25)20(26)11-18)10-9-21-27-22(28-32-21)16-5-3-15(4-6-16)12-29-13-17(14-29)23(30)31/h3-8,11,17H,9-10,12-14H2,1-2H3,(H,30,31). The molecule has 3 aromatic rings. The van der Waals surface area contributed by atoms with E-state index in [-0.39, 0.29) is 16.4 Å². The van der Waals surface area contributed by atoms with E-state index in [0.717, 1.165) is 23.2 Å². The molecule has 1 aliphatic heterocycles. The molecule has 1 saturated heterocycles. The molecule has 6 nitrogen and oxygen atoms in total. The Kier molecular flexibility index (Phi) is 6.31. The fourth-order valence-corrected chi connectivity index (χ4v) is 3.94. The van der Waals surface area contributed by atoms with Gasteiger partial charge in [-0.1, -0.05) is 60.9 Å². The Morgan fingerprint density at radius 1 is 1.25 bits per heavy atom. The van der Waals surface area contributed by atoms with Crippen LogP contribution < -0.4 is 0 Å². The number of carbonyl (C=O) groups is 1. The number of aryl methyl sites for hydroxylation is 1. The molecular weight excluding hydrogens is 433 g/mol. The average Bonchev–Trinajstić information content (AvgIpc) is 3.20. The molecule has 0 radical (unpaired) electrons. The highest BCUT2D eigenvalue weighted by Crippen LogP contribution is 2.31. The van der Waals surface area contributed by atoms with Crippen LogP contribution >= 0.6 is 11.6 Å². The summed E-state index contributed by atoms with van der Waals surface area (Å²) in [4.78, 5) is 17.5. The highest BCUT2D eigenvalue weighted by atomic mass is 35.5. The van der Waals surface area contributed by atoms with E-state index in [0.29, 0.717) is 37.6 Å². The number of aliphatic carboxylic acids is 1. The normalized spacial score (nSPS) is 15.0. The number of hydrogen-bond donors (Lipinski definition) is 1. The van der Waals surface area contributed by atoms with Gasteiger partial charge in [-0.25, -0.2) is 4.39 Å². The molecule has 0 amide bonds. The van der Waals surface area contributed by atoms with E-state index in [4.69, 9.17) is 21.2 Å². The minimum absolute atomic E-state index is 0.117. The summed E-state index contributed by atoms with van der Waals surface area (Å²) >= 11 is 5.79. The number of likely N-dealkylation sites (tertiary alicyclic amines) is 1. The van der Waals surface area contributed by atoms with Gasteiger partial charge in [0, 0.05) is 31.6 Å². The van der Waals surface area contributed by atoms with Gasteiger partial charge in [0.2, 0.25) is 11.7 Å². The fourth-order valence-electron chi connectivity index (χ4n) is 3.83. The highest BCUT2D eigenvalue weighted by Gasteiger charge is 2.32. The molecule has 32 heavy (non-hydrogen) atoms. The summed E-state index contributed by atoms with van der Waals surface area (Å²) in [5.41, 5.74) is 2.55. The monoisotopic (exact) mass is 457 g/mol. The lowest BCUT2D eigenvalue weighted by atomic mass is 9.80. The van der Waals surface area contributed by atoms with Crippen LogP contribution in [0.3, 0.4) is 0 Å². The Morgan fingerprint density at radius 3 is 2.62 bits per heavy atom. The highest BCUT2D eigenvalue weighted by molar-refractivity contribution is 6.30. The first-order valence-electron chi connectivity index (χ1n) is 10.5. The molecule has 2 aromatic carbocycles. The van der Waals surface area contributed by atoms with Crippen molar-refractivity contribution in [1.29, 1.82) is 0 Å². The van der Waals surface area contributed by atoms with Gasteiger partial charge in [-0.15, -0.1) is 0 Å². The zero-order valence-corrected chi connectivity index (χ0v) is 18.8. The van der Waals surface area contributed by atoms with Crippen molar-refractivity contribution in [3.8, 4) is 11.4 Å². The molecule has 1 aliphatic rings. The lowest BCUT2D eigenvalue weighted by Crippen LogP contribution is -2.49. The topological polar surface area (TPSA) is 79.5 Å². The molecule has 0 atom stereocenters. The van der Waals surface area contributed by atoms with Crippen LogP contribution in [0, 0.1) is 11.7 Å². The van der Waals surface area contributed by atoms with Crippen LogP contribution in [0.2, 0.25) is 5.02 Å². The maximum absolute atomic E-state index is 13.8. The Labute approximate surface area is 191 Å². The number of rotatable bonds is 8. The number of carboxylic acid groups (broad SMARTS) is 1. The van der Waals surface area contributed by atoms with Crippen molar-refractivity contribution in [2.24, 2.45) is 5.92 Å². The van der Waals surface area contributed by atoms with Crippen LogP contribution in [0.25, 0.3) is 11.4 Å². The molecule has 1 N–H and O–H groups in total. The first kappa shape index (κ1) is 22.4. The van der Waals surface area contributed by atoms with Gasteiger partial charge in [-0.3, -0.25) is 9.69 Å². The second-order valence-electron chi connectivity index (χ2n) is 8.95. The third-order valence-corrected chi connectivity index (χ3v) is 6.36. The Morgan fingerprint density at radius 2 is 1.97 bits per heavy atom. The van der Waals surface area contributed by atoms with E-state index in [9.17, 15) is 9.18 Å². The van der Waals surface area contributed by atoms with Crippen LogP contribution in [-0.4, -0.2) is 39.2 Å². The summed E-state index contributed by atoms with van der Waals surface area (Å²) in [5.74, 6) is -0.343. The van der Waals surface area contributed by atoms with E-state index in [1.807, 2.05) is 44.2 Å². The Balaban J connectivity index is 1.34. The largest absolute Gasteiger partial charge is 0.481 e. The van der Waals surface area contributed by atoms with E-state index in [2.05, 4.69) is 15.0 Å². The van der Waals surface area contributed by atoms with Crippen LogP contribution in [0.4, 0.5) is 4.39 Å². The van der Waals surface area contributed by atoms with E-state index in [1.54, 1.807) is 6.07 Å². The van der Waals surface area contributed by atoms with Crippen LogP contribution in [0.15, 0.2) is 47.0 Å². The maximum Gasteiger partial charge on any atom is 0.309 e. The minimum atomic E-state index is -0.728. The van der Waals surface area contributed by atoms with Crippen molar-refractivity contribution >= 4 is 17.6 Å². The van der Waals surface area contributed by atoms with Crippen molar-refractivity contribution in [1.82, 2.24) is 15.0 Å². The van der Waals surface area contributed by atoms with E-state index >= 15 is 0 Å². The molecule has 1 aromatic heterocycles. The van der Waals surface area contributed by atoms with E-state index in [1.165, 1.54) is 6.07 Å². The SMILES string of the molecule is CC(C)(CCc1nc(-c2ccc(CN3CC(C(=O)O)C3)cc2)no1)c1ccc(Cl)c(F)c1. The molecular formula is C24H25ClFN3O3. The zero-order chi connectivity index (χ0) is 22.9. The van der Waals surface area contributed by atoms with Gasteiger partial charge in [-0.2, -0.15) is 4.98 Å². The summed E-state index contributed by atoms with van der Waals surface area (Å²) < 4.78 is 19.3. The fraction of sp³-hybridized carbons (Fsp3) is 0.375. The van der Waals surface area contributed by atoms with Gasteiger partial charge in [0.05, 0.1) is 10.9 Å². The number of carboxylic acids is 1. The second kappa shape index (κ2) is 9.00. The first-order chi connectivity index (χ1) is 15.2. The van der Waals surface area contributed by atoms with Gasteiger partial charge in [0.25, 0.3) is 0 Å². The molecule has 0 unspecified atom stereocenters. The van der Waals surface area contributed by atoms with Crippen molar-refractivity contribution in [2.45, 2.75) is 38.6 Å². The summed E-state index contributed by atoms with van der Waals surface area (Å²) in [6, 6.07) is 12.8. The first-order valence-corrected chi connectivity index (χ1v) is 10.9. The molecule has 1 fully saturated rings. The molecule has 4 rings (SSSR count). The Bertz CT molecular complexity index is 1110. The molecule has 0 bridgehead atoms. The number of halogens is 2. The molecule has 0 spiro atoms. The van der Waals surface area contributed by atoms with Gasteiger partial charge in [0.1, 0.15) is 5.82 Å². The summed E-state index contributed by atoms with van der Waals surface area (Å²) in [7, 11) is 0. The second-order valence-corrected chi connectivity index (χ2v) is 9.36. The number of benzene rings is 2. The number of aromatic nitrogens is 2. The lowest BCUT2D eigenvalue weighted by Gasteiger charge is -2.36. The predicted octanol–water partition coefficient (Wildman–Crippen LogP) is 4.96. The molecule has 8 heteroatoms. The maximum atomic E-state index is 13.8. The predicted molar refractivity (Wildman–Crippen MR) is 119 cm³/mol. The van der Waals surface area contributed by atoms with Crippen LogP contribution in [0.1, 0.15) is 37.3 Å². The third-order valence-electron chi connectivity index (χ3n) is 6.06. The molecule has 168 valence electrons. The zero-order valence-electron chi connectivity index (χ0n) is 18.0.